The number of esters is 1. The normalized spacial score (nSPS) is 13.0. The molecule has 8 heteroatoms. The van der Waals surface area contributed by atoms with Crippen LogP contribution in [0.1, 0.15) is 38.1 Å². The van der Waals surface area contributed by atoms with Crippen molar-refractivity contribution in [3.05, 3.63) is 29.8 Å². The predicted molar refractivity (Wildman–Crippen MR) is 90.1 cm³/mol. The van der Waals surface area contributed by atoms with E-state index in [4.69, 9.17) is 4.74 Å². The molecule has 0 radical (unpaired) electrons. The summed E-state index contributed by atoms with van der Waals surface area (Å²) in [6.45, 7) is 6.59. The molecule has 132 valence electrons. The number of rotatable bonds is 6. The Hall–Kier alpha value is -2.22. The molecule has 0 fully saturated rings. The quantitative estimate of drug-likeness (QED) is 0.756. The first-order chi connectivity index (χ1) is 11.3. The number of benzene rings is 1. The molecule has 0 heterocycles. The fourth-order valence-electron chi connectivity index (χ4n) is 1.78. The summed E-state index contributed by atoms with van der Waals surface area (Å²) in [6, 6.07) is 5.56. The standard InChI is InChI=1S/C16H22N2O5S/c1-5-24(22)13-9-7-6-8-12(13)15(20)23-11(4)14(19)18-16(21)17-10(2)3/h6-11H,5H2,1-4H3,(H2,17,18,19,21)/t11-,24+/m0/s1. The Labute approximate surface area is 143 Å². The third-order valence-electron chi connectivity index (χ3n) is 2.92. The van der Waals surface area contributed by atoms with Crippen LogP contribution in [0, 0.1) is 0 Å². The second kappa shape index (κ2) is 9.17. The molecule has 0 saturated heterocycles. The third-order valence-corrected chi connectivity index (χ3v) is 4.29. The molecule has 1 aromatic carbocycles. The lowest BCUT2D eigenvalue weighted by atomic mass is 10.2. The Balaban J connectivity index is 2.76. The summed E-state index contributed by atoms with van der Waals surface area (Å²) >= 11 is 0. The summed E-state index contributed by atoms with van der Waals surface area (Å²) in [5, 5.41) is 4.58. The van der Waals surface area contributed by atoms with Crippen LogP contribution < -0.4 is 10.6 Å². The van der Waals surface area contributed by atoms with Gasteiger partial charge in [-0.2, -0.15) is 0 Å². The van der Waals surface area contributed by atoms with Gasteiger partial charge in [-0.1, -0.05) is 19.1 Å². The van der Waals surface area contributed by atoms with Gasteiger partial charge in [0.2, 0.25) is 0 Å². The maximum atomic E-state index is 12.2. The molecule has 0 aliphatic rings. The summed E-state index contributed by atoms with van der Waals surface area (Å²) in [7, 11) is -1.33. The van der Waals surface area contributed by atoms with E-state index >= 15 is 0 Å². The van der Waals surface area contributed by atoms with Gasteiger partial charge in [-0.25, -0.2) is 9.59 Å². The van der Waals surface area contributed by atoms with E-state index in [0.29, 0.717) is 10.6 Å². The molecule has 0 aliphatic heterocycles. The summed E-state index contributed by atoms with van der Waals surface area (Å²) in [6.07, 6.45) is -1.17. The Kier molecular flexibility index (Phi) is 7.57. The lowest BCUT2D eigenvalue weighted by Crippen LogP contribution is -2.46. The van der Waals surface area contributed by atoms with Crippen molar-refractivity contribution in [3.63, 3.8) is 0 Å². The van der Waals surface area contributed by atoms with Crippen molar-refractivity contribution in [1.29, 1.82) is 0 Å². The van der Waals surface area contributed by atoms with Gasteiger partial charge in [-0.3, -0.25) is 14.3 Å². The Morgan fingerprint density at radius 2 is 1.79 bits per heavy atom. The zero-order valence-corrected chi connectivity index (χ0v) is 14.9. The molecule has 0 bridgehead atoms. The predicted octanol–water partition coefficient (Wildman–Crippen LogP) is 1.59. The lowest BCUT2D eigenvalue weighted by molar-refractivity contribution is -0.127. The van der Waals surface area contributed by atoms with Crippen LogP contribution in [0.2, 0.25) is 0 Å². The maximum absolute atomic E-state index is 12.2. The number of hydrogen-bond donors (Lipinski definition) is 2. The van der Waals surface area contributed by atoms with Crippen LogP contribution in [0.4, 0.5) is 4.79 Å². The van der Waals surface area contributed by atoms with Gasteiger partial charge in [0.05, 0.1) is 21.3 Å². The van der Waals surface area contributed by atoms with E-state index in [1.54, 1.807) is 39.0 Å². The summed E-state index contributed by atoms with van der Waals surface area (Å²) < 4.78 is 17.1. The van der Waals surface area contributed by atoms with Gasteiger partial charge in [0.15, 0.2) is 6.10 Å². The van der Waals surface area contributed by atoms with Crippen LogP contribution in [-0.4, -0.2) is 40.0 Å². The molecule has 0 spiro atoms. The monoisotopic (exact) mass is 354 g/mol. The second-order valence-electron chi connectivity index (χ2n) is 5.30. The molecule has 1 aromatic rings. The van der Waals surface area contributed by atoms with E-state index in [-0.39, 0.29) is 11.6 Å². The smallest absolute Gasteiger partial charge is 0.340 e. The molecule has 0 aliphatic carbocycles. The van der Waals surface area contributed by atoms with E-state index in [1.807, 2.05) is 0 Å². The van der Waals surface area contributed by atoms with Crippen LogP contribution in [0.3, 0.4) is 0 Å². The lowest BCUT2D eigenvalue weighted by Gasteiger charge is -2.15. The molecule has 0 aromatic heterocycles. The minimum atomic E-state index is -1.33. The van der Waals surface area contributed by atoms with Gasteiger partial charge in [0.25, 0.3) is 5.91 Å². The van der Waals surface area contributed by atoms with Crippen molar-refractivity contribution >= 4 is 28.7 Å². The van der Waals surface area contributed by atoms with Crippen LogP contribution in [0.25, 0.3) is 0 Å². The van der Waals surface area contributed by atoms with Gasteiger partial charge in [0, 0.05) is 11.8 Å². The van der Waals surface area contributed by atoms with Crippen molar-refractivity contribution in [2.24, 2.45) is 0 Å². The highest BCUT2D eigenvalue weighted by Crippen LogP contribution is 2.15. The highest BCUT2D eigenvalue weighted by Gasteiger charge is 2.23. The summed E-state index contributed by atoms with van der Waals surface area (Å²) in [4.78, 5) is 35.9. The number of urea groups is 1. The fraction of sp³-hybridized carbons (Fsp3) is 0.438. The molecule has 2 N–H and O–H groups in total. The van der Waals surface area contributed by atoms with E-state index < -0.39 is 34.8 Å². The van der Waals surface area contributed by atoms with E-state index in [2.05, 4.69) is 10.6 Å². The molecule has 3 amide bonds. The van der Waals surface area contributed by atoms with Crippen LogP contribution in [0.15, 0.2) is 29.2 Å². The Morgan fingerprint density at radius 3 is 2.38 bits per heavy atom. The summed E-state index contributed by atoms with van der Waals surface area (Å²) in [5.41, 5.74) is 0.143. The molecular formula is C16H22N2O5S. The zero-order chi connectivity index (χ0) is 18.3. The molecule has 0 saturated carbocycles. The van der Waals surface area contributed by atoms with Crippen LogP contribution in [-0.2, 0) is 20.3 Å². The number of carbonyl (C=O) groups excluding carboxylic acids is 3. The number of carbonyl (C=O) groups is 3. The van der Waals surface area contributed by atoms with Gasteiger partial charge >= 0.3 is 12.0 Å². The third kappa shape index (κ3) is 5.77. The maximum Gasteiger partial charge on any atom is 0.340 e. The van der Waals surface area contributed by atoms with Gasteiger partial charge in [0.1, 0.15) is 0 Å². The Bertz CT molecular complexity index is 645. The molecule has 1 rings (SSSR count). The molecular weight excluding hydrogens is 332 g/mol. The van der Waals surface area contributed by atoms with Crippen molar-refractivity contribution in [2.75, 3.05) is 5.75 Å². The van der Waals surface area contributed by atoms with E-state index in [1.165, 1.54) is 13.0 Å². The first-order valence-electron chi connectivity index (χ1n) is 7.56. The first-order valence-corrected chi connectivity index (χ1v) is 8.87. The van der Waals surface area contributed by atoms with E-state index in [0.717, 1.165) is 0 Å². The van der Waals surface area contributed by atoms with Crippen molar-refractivity contribution in [1.82, 2.24) is 10.6 Å². The fourth-order valence-corrected chi connectivity index (χ4v) is 2.72. The minimum absolute atomic E-state index is 0.133. The van der Waals surface area contributed by atoms with Crippen molar-refractivity contribution in [3.8, 4) is 0 Å². The molecule has 7 nitrogen and oxygen atoms in total. The van der Waals surface area contributed by atoms with Gasteiger partial charge < -0.3 is 10.1 Å². The molecule has 0 unspecified atom stereocenters. The Morgan fingerprint density at radius 1 is 1.17 bits per heavy atom. The summed E-state index contributed by atoms with van der Waals surface area (Å²) in [5.74, 6) is -1.15. The van der Waals surface area contributed by atoms with Gasteiger partial charge in [-0.05, 0) is 32.9 Å². The highest BCUT2D eigenvalue weighted by atomic mass is 32.2. The van der Waals surface area contributed by atoms with Crippen molar-refractivity contribution < 1.29 is 23.3 Å². The van der Waals surface area contributed by atoms with E-state index in [9.17, 15) is 18.6 Å². The molecule has 24 heavy (non-hydrogen) atoms. The number of ether oxygens (including phenoxy) is 1. The van der Waals surface area contributed by atoms with Gasteiger partial charge in [-0.15, -0.1) is 0 Å². The average Bonchev–Trinajstić information content (AvgIpc) is 2.52. The topological polar surface area (TPSA) is 102 Å². The zero-order valence-electron chi connectivity index (χ0n) is 14.1. The van der Waals surface area contributed by atoms with Crippen LogP contribution >= 0.6 is 0 Å². The SMILES string of the molecule is CC[S@@](=O)c1ccccc1C(=O)O[C@@H](C)C(=O)NC(=O)NC(C)C. The second-order valence-corrected chi connectivity index (χ2v) is 7.00. The first kappa shape index (κ1) is 19.8. The van der Waals surface area contributed by atoms with Crippen LogP contribution in [0.5, 0.6) is 0 Å². The largest absolute Gasteiger partial charge is 0.449 e. The average molecular weight is 354 g/mol. The highest BCUT2D eigenvalue weighted by molar-refractivity contribution is 7.85. The number of nitrogens with one attached hydrogen (secondary N) is 2. The number of hydrogen-bond acceptors (Lipinski definition) is 5. The number of imide groups is 1. The van der Waals surface area contributed by atoms with Crippen molar-refractivity contribution in [2.45, 2.75) is 44.7 Å². The molecule has 2 atom stereocenters. The number of amides is 3. The minimum Gasteiger partial charge on any atom is -0.449 e.